The Morgan fingerprint density at radius 3 is 2.67 bits per heavy atom. The maximum atomic E-state index is 12.5. The van der Waals surface area contributed by atoms with Gasteiger partial charge in [0.15, 0.2) is 5.82 Å². The van der Waals surface area contributed by atoms with Crippen LogP contribution in [0.5, 0.6) is 0 Å². The Labute approximate surface area is 145 Å². The minimum atomic E-state index is -0.112. The normalized spacial score (nSPS) is 20.2. The molecule has 7 nitrogen and oxygen atoms in total. The first-order valence-corrected chi connectivity index (χ1v) is 8.99. The van der Waals surface area contributed by atoms with Gasteiger partial charge < -0.3 is 15.0 Å². The van der Waals surface area contributed by atoms with E-state index in [1.54, 1.807) is 0 Å². The van der Waals surface area contributed by atoms with E-state index < -0.39 is 0 Å². The van der Waals surface area contributed by atoms with Gasteiger partial charge >= 0.3 is 0 Å². The molecule has 0 aliphatic heterocycles. The lowest BCUT2D eigenvalue weighted by atomic mass is 9.79. The van der Waals surface area contributed by atoms with E-state index >= 15 is 0 Å². The molecular formula is C16H23N5O2S. The van der Waals surface area contributed by atoms with Gasteiger partial charge in [0.2, 0.25) is 0 Å². The molecule has 0 spiro atoms. The molecule has 2 aromatic rings. The van der Waals surface area contributed by atoms with Crippen LogP contribution in [0.25, 0.3) is 0 Å². The molecule has 1 saturated carbocycles. The largest absolute Gasteiger partial charge is 0.388 e. The molecule has 0 aromatic carbocycles. The fraction of sp³-hybridized carbons (Fsp3) is 0.625. The van der Waals surface area contributed by atoms with E-state index in [1.807, 2.05) is 18.5 Å². The van der Waals surface area contributed by atoms with Crippen molar-refractivity contribution in [2.75, 3.05) is 0 Å². The third-order valence-electron chi connectivity index (χ3n) is 4.49. The highest BCUT2D eigenvalue weighted by molar-refractivity contribution is 7.13. The van der Waals surface area contributed by atoms with Gasteiger partial charge in [-0.2, -0.15) is 0 Å². The van der Waals surface area contributed by atoms with Crippen molar-refractivity contribution in [3.05, 3.63) is 27.2 Å². The van der Waals surface area contributed by atoms with E-state index in [1.165, 1.54) is 11.3 Å². The number of aliphatic hydroxyl groups excluding tert-OH is 1. The maximum Gasteiger partial charge on any atom is 0.263 e. The van der Waals surface area contributed by atoms with Crippen LogP contribution in [0.2, 0.25) is 0 Å². The molecule has 8 heteroatoms. The SMILES string of the molecule is Cc1nc(C(C)C)sc1C(=O)NC1CC(c2nnc(CO)n2C)C1. The highest BCUT2D eigenvalue weighted by Gasteiger charge is 2.35. The number of carbonyl (C=O) groups excluding carboxylic acids is 1. The molecule has 0 bridgehead atoms. The summed E-state index contributed by atoms with van der Waals surface area (Å²) in [4.78, 5) is 17.7. The minimum absolute atomic E-state index is 0.0330. The second-order valence-corrected chi connectivity index (χ2v) is 7.68. The van der Waals surface area contributed by atoms with Gasteiger partial charge in [0.05, 0.1) is 10.7 Å². The fourth-order valence-electron chi connectivity index (χ4n) is 2.94. The van der Waals surface area contributed by atoms with E-state index in [0.29, 0.717) is 16.6 Å². The zero-order chi connectivity index (χ0) is 17.4. The molecule has 0 unspecified atom stereocenters. The van der Waals surface area contributed by atoms with Crippen molar-refractivity contribution in [3.63, 3.8) is 0 Å². The number of hydrogen-bond acceptors (Lipinski definition) is 6. The van der Waals surface area contributed by atoms with Gasteiger partial charge in [-0.3, -0.25) is 4.79 Å². The van der Waals surface area contributed by atoms with Gasteiger partial charge in [0.1, 0.15) is 17.3 Å². The van der Waals surface area contributed by atoms with Crippen LogP contribution in [0.3, 0.4) is 0 Å². The topological polar surface area (TPSA) is 92.9 Å². The van der Waals surface area contributed by atoms with Crippen LogP contribution in [-0.4, -0.2) is 36.8 Å². The lowest BCUT2D eigenvalue weighted by Crippen LogP contribution is -2.44. The Hall–Kier alpha value is -1.80. The number of amides is 1. The Bertz CT molecular complexity index is 746. The number of aryl methyl sites for hydroxylation is 1. The molecule has 3 rings (SSSR count). The number of hydrogen-bond donors (Lipinski definition) is 2. The summed E-state index contributed by atoms with van der Waals surface area (Å²) in [6.45, 7) is 5.94. The Kier molecular flexibility index (Phi) is 4.69. The summed E-state index contributed by atoms with van der Waals surface area (Å²) < 4.78 is 1.84. The summed E-state index contributed by atoms with van der Waals surface area (Å²) in [7, 11) is 1.86. The van der Waals surface area contributed by atoms with Crippen molar-refractivity contribution in [1.29, 1.82) is 0 Å². The molecule has 1 aliphatic carbocycles. The molecule has 1 aliphatic rings. The third-order valence-corrected chi connectivity index (χ3v) is 5.95. The quantitative estimate of drug-likeness (QED) is 0.859. The van der Waals surface area contributed by atoms with Crippen molar-refractivity contribution in [3.8, 4) is 0 Å². The van der Waals surface area contributed by atoms with E-state index in [-0.39, 0.29) is 24.5 Å². The highest BCUT2D eigenvalue weighted by Crippen LogP contribution is 2.36. The van der Waals surface area contributed by atoms with Crippen molar-refractivity contribution >= 4 is 17.2 Å². The van der Waals surface area contributed by atoms with Crippen LogP contribution in [0.1, 0.15) is 70.5 Å². The number of carbonyl (C=O) groups is 1. The highest BCUT2D eigenvalue weighted by atomic mass is 32.1. The average Bonchev–Trinajstić information content (AvgIpc) is 3.05. The van der Waals surface area contributed by atoms with Gasteiger partial charge in [-0.05, 0) is 19.8 Å². The molecule has 24 heavy (non-hydrogen) atoms. The molecule has 2 heterocycles. The standard InChI is InChI=1S/C16H23N5O2S/c1-8(2)16-17-9(3)13(24-16)15(23)18-11-5-10(6-11)14-20-19-12(7-22)21(14)4/h8,10-11,22H,5-7H2,1-4H3,(H,18,23). The van der Waals surface area contributed by atoms with Crippen molar-refractivity contribution < 1.29 is 9.90 Å². The first-order chi connectivity index (χ1) is 11.4. The van der Waals surface area contributed by atoms with Crippen molar-refractivity contribution in [1.82, 2.24) is 25.1 Å². The van der Waals surface area contributed by atoms with Crippen LogP contribution in [0, 0.1) is 6.92 Å². The van der Waals surface area contributed by atoms with Crippen LogP contribution < -0.4 is 5.32 Å². The summed E-state index contributed by atoms with van der Waals surface area (Å²) in [5, 5.41) is 21.4. The molecule has 1 amide bonds. The molecule has 1 fully saturated rings. The lowest BCUT2D eigenvalue weighted by Gasteiger charge is -2.34. The predicted octanol–water partition coefficient (Wildman–Crippen LogP) is 1.87. The molecule has 2 aromatic heterocycles. The van der Waals surface area contributed by atoms with Gasteiger partial charge in [0, 0.05) is 24.9 Å². The molecule has 2 N–H and O–H groups in total. The number of nitrogens with zero attached hydrogens (tertiary/aromatic N) is 4. The number of aromatic nitrogens is 4. The van der Waals surface area contributed by atoms with E-state index in [9.17, 15) is 9.90 Å². The molecule has 130 valence electrons. The predicted molar refractivity (Wildman–Crippen MR) is 91.1 cm³/mol. The number of rotatable bonds is 5. The van der Waals surface area contributed by atoms with Gasteiger partial charge in [-0.15, -0.1) is 21.5 Å². The number of nitrogens with one attached hydrogen (secondary N) is 1. The number of thiazole rings is 1. The van der Waals surface area contributed by atoms with Crippen LogP contribution in [-0.2, 0) is 13.7 Å². The Morgan fingerprint density at radius 1 is 1.42 bits per heavy atom. The second kappa shape index (κ2) is 6.60. The molecular weight excluding hydrogens is 326 g/mol. The smallest absolute Gasteiger partial charge is 0.263 e. The summed E-state index contributed by atoms with van der Waals surface area (Å²) in [5.41, 5.74) is 0.804. The average molecular weight is 349 g/mol. The molecule has 0 radical (unpaired) electrons. The minimum Gasteiger partial charge on any atom is -0.388 e. The summed E-state index contributed by atoms with van der Waals surface area (Å²) >= 11 is 1.48. The maximum absolute atomic E-state index is 12.5. The fourth-order valence-corrected chi connectivity index (χ4v) is 3.91. The Balaban J connectivity index is 1.59. The van der Waals surface area contributed by atoms with Gasteiger partial charge in [-0.25, -0.2) is 4.98 Å². The van der Waals surface area contributed by atoms with E-state index in [2.05, 4.69) is 34.3 Å². The van der Waals surface area contributed by atoms with Crippen molar-refractivity contribution in [2.24, 2.45) is 7.05 Å². The number of aliphatic hydroxyl groups is 1. The second-order valence-electron chi connectivity index (χ2n) is 6.65. The van der Waals surface area contributed by atoms with Crippen molar-refractivity contribution in [2.45, 2.75) is 58.1 Å². The molecule has 0 saturated heterocycles. The lowest BCUT2D eigenvalue weighted by molar-refractivity contribution is 0.0910. The summed E-state index contributed by atoms with van der Waals surface area (Å²) in [5.74, 6) is 2.02. The van der Waals surface area contributed by atoms with Crippen LogP contribution >= 0.6 is 11.3 Å². The zero-order valence-electron chi connectivity index (χ0n) is 14.4. The Morgan fingerprint density at radius 2 is 2.12 bits per heavy atom. The van der Waals surface area contributed by atoms with Gasteiger partial charge in [-0.1, -0.05) is 13.8 Å². The van der Waals surface area contributed by atoms with Crippen LogP contribution in [0.4, 0.5) is 0 Å². The van der Waals surface area contributed by atoms with E-state index in [0.717, 1.165) is 29.4 Å². The first-order valence-electron chi connectivity index (χ1n) is 8.17. The van der Waals surface area contributed by atoms with Crippen LogP contribution in [0.15, 0.2) is 0 Å². The molecule has 0 atom stereocenters. The monoisotopic (exact) mass is 349 g/mol. The first kappa shape index (κ1) is 17.0. The van der Waals surface area contributed by atoms with Gasteiger partial charge in [0.25, 0.3) is 5.91 Å². The summed E-state index contributed by atoms with van der Waals surface area (Å²) in [6, 6.07) is 0.153. The van der Waals surface area contributed by atoms with E-state index in [4.69, 9.17) is 0 Å². The third kappa shape index (κ3) is 3.08. The zero-order valence-corrected chi connectivity index (χ0v) is 15.2. The summed E-state index contributed by atoms with van der Waals surface area (Å²) in [6.07, 6.45) is 1.69.